The molecule has 1 fully saturated rings. The van der Waals surface area contributed by atoms with Crippen LogP contribution in [0, 0.1) is 0 Å². The number of rotatable bonds is 4. The maximum absolute atomic E-state index is 13.1. The zero-order valence-corrected chi connectivity index (χ0v) is 15.3. The number of thiazole rings is 1. The highest BCUT2D eigenvalue weighted by Gasteiger charge is 2.34. The molecule has 8 heteroatoms. The van der Waals surface area contributed by atoms with Crippen molar-refractivity contribution in [2.75, 3.05) is 12.3 Å². The summed E-state index contributed by atoms with van der Waals surface area (Å²) in [6, 6.07) is 4.40. The molecule has 0 amide bonds. The quantitative estimate of drug-likeness (QED) is 0.757. The maximum atomic E-state index is 13.1. The highest BCUT2D eigenvalue weighted by atomic mass is 35.5. The van der Waals surface area contributed by atoms with E-state index >= 15 is 0 Å². The zero-order valence-electron chi connectivity index (χ0n) is 13.7. The van der Waals surface area contributed by atoms with Gasteiger partial charge in [0.1, 0.15) is 0 Å². The molecule has 136 valence electrons. The van der Waals surface area contributed by atoms with Crippen LogP contribution in [0.25, 0.3) is 11.3 Å². The first-order valence-electron chi connectivity index (χ1n) is 8.16. The molecule has 1 atom stereocenters. The van der Waals surface area contributed by atoms with Gasteiger partial charge in [-0.15, -0.1) is 11.3 Å². The van der Waals surface area contributed by atoms with Gasteiger partial charge < -0.3 is 5.73 Å². The van der Waals surface area contributed by atoms with E-state index in [1.54, 1.807) is 6.07 Å². The van der Waals surface area contributed by atoms with Gasteiger partial charge in [-0.3, -0.25) is 4.90 Å². The van der Waals surface area contributed by atoms with Crippen LogP contribution in [-0.2, 0) is 12.7 Å². The van der Waals surface area contributed by atoms with Gasteiger partial charge in [-0.25, -0.2) is 4.98 Å². The smallest absolute Gasteiger partial charge is 0.375 e. The molecule has 2 aromatic rings. The summed E-state index contributed by atoms with van der Waals surface area (Å²) in [7, 11) is 0. The lowest BCUT2D eigenvalue weighted by atomic mass is 10.1. The van der Waals surface area contributed by atoms with Crippen molar-refractivity contribution >= 4 is 28.1 Å². The summed E-state index contributed by atoms with van der Waals surface area (Å²) in [5.41, 5.74) is 5.92. The minimum Gasteiger partial charge on any atom is -0.375 e. The number of anilines is 1. The van der Waals surface area contributed by atoms with Crippen molar-refractivity contribution in [3.8, 4) is 11.3 Å². The number of halogens is 4. The lowest BCUT2D eigenvalue weighted by molar-refractivity contribution is -0.137. The summed E-state index contributed by atoms with van der Waals surface area (Å²) >= 11 is 7.05. The molecule has 0 radical (unpaired) electrons. The molecule has 1 aromatic carbocycles. The van der Waals surface area contributed by atoms with E-state index in [9.17, 15) is 13.2 Å². The average Bonchev–Trinajstić information content (AvgIpc) is 3.13. The van der Waals surface area contributed by atoms with Crippen molar-refractivity contribution in [3.63, 3.8) is 0 Å². The fraction of sp³-hybridized carbons (Fsp3) is 0.471. The molecular weight excluding hydrogens is 371 g/mol. The lowest BCUT2D eigenvalue weighted by Gasteiger charge is -2.22. The Kier molecular flexibility index (Phi) is 5.27. The van der Waals surface area contributed by atoms with Crippen molar-refractivity contribution in [2.24, 2.45) is 0 Å². The van der Waals surface area contributed by atoms with E-state index in [1.165, 1.54) is 17.4 Å². The minimum atomic E-state index is -4.50. The molecule has 3 rings (SSSR count). The fourth-order valence-electron chi connectivity index (χ4n) is 3.34. The summed E-state index contributed by atoms with van der Waals surface area (Å²) in [6.45, 7) is 3.80. The monoisotopic (exact) mass is 389 g/mol. The number of nitrogens with zero attached hydrogens (tertiary/aromatic N) is 2. The lowest BCUT2D eigenvalue weighted by Crippen LogP contribution is -2.28. The first kappa shape index (κ1) is 18.5. The Bertz CT molecular complexity index is 760. The molecule has 25 heavy (non-hydrogen) atoms. The minimum absolute atomic E-state index is 0.313. The van der Waals surface area contributed by atoms with Crippen LogP contribution in [0.5, 0.6) is 0 Å². The third-order valence-corrected chi connectivity index (χ3v) is 5.77. The highest BCUT2D eigenvalue weighted by molar-refractivity contribution is 7.15. The van der Waals surface area contributed by atoms with E-state index in [0.717, 1.165) is 36.8 Å². The van der Waals surface area contributed by atoms with Crippen molar-refractivity contribution < 1.29 is 13.2 Å². The van der Waals surface area contributed by atoms with E-state index in [-0.39, 0.29) is 5.02 Å². The van der Waals surface area contributed by atoms with E-state index in [0.29, 0.717) is 29.0 Å². The second-order valence-electron chi connectivity index (χ2n) is 6.19. The van der Waals surface area contributed by atoms with Crippen LogP contribution in [0.3, 0.4) is 0 Å². The molecule has 1 unspecified atom stereocenters. The molecular formula is C17H19ClF3N3S. The Balaban J connectivity index is 1.96. The van der Waals surface area contributed by atoms with Gasteiger partial charge in [0, 0.05) is 23.0 Å². The summed E-state index contributed by atoms with van der Waals surface area (Å²) < 4.78 is 39.4. The van der Waals surface area contributed by atoms with Crippen molar-refractivity contribution in [2.45, 2.75) is 44.9 Å². The number of nitrogens with two attached hydrogens (primary N) is 1. The average molecular weight is 390 g/mol. The molecule has 2 heterocycles. The van der Waals surface area contributed by atoms with Gasteiger partial charge >= 0.3 is 6.18 Å². The van der Waals surface area contributed by atoms with E-state index < -0.39 is 11.7 Å². The zero-order chi connectivity index (χ0) is 18.2. The third-order valence-electron chi connectivity index (χ3n) is 4.58. The molecule has 0 saturated carbocycles. The van der Waals surface area contributed by atoms with Crippen LogP contribution < -0.4 is 5.73 Å². The van der Waals surface area contributed by atoms with Crippen LogP contribution in [0.2, 0.25) is 5.02 Å². The molecule has 2 N–H and O–H groups in total. The number of hydrogen-bond donors (Lipinski definition) is 1. The predicted molar refractivity (Wildman–Crippen MR) is 95.7 cm³/mol. The van der Waals surface area contributed by atoms with Crippen LogP contribution in [-0.4, -0.2) is 22.5 Å². The number of hydrogen-bond acceptors (Lipinski definition) is 4. The van der Waals surface area contributed by atoms with Gasteiger partial charge in [0.25, 0.3) is 0 Å². The first-order chi connectivity index (χ1) is 11.8. The first-order valence-corrected chi connectivity index (χ1v) is 9.35. The topological polar surface area (TPSA) is 42.1 Å². The highest BCUT2D eigenvalue weighted by Crippen LogP contribution is 2.39. The second kappa shape index (κ2) is 7.13. The Morgan fingerprint density at radius 1 is 1.40 bits per heavy atom. The van der Waals surface area contributed by atoms with Crippen molar-refractivity contribution in [1.29, 1.82) is 0 Å². The van der Waals surface area contributed by atoms with Gasteiger partial charge in [-0.05, 0) is 37.9 Å². The number of alkyl halides is 3. The Morgan fingerprint density at radius 2 is 2.16 bits per heavy atom. The number of benzene rings is 1. The molecule has 0 aliphatic carbocycles. The van der Waals surface area contributed by atoms with Gasteiger partial charge in [0.15, 0.2) is 5.13 Å². The van der Waals surface area contributed by atoms with Gasteiger partial charge in [-0.1, -0.05) is 24.6 Å². The maximum Gasteiger partial charge on any atom is 0.417 e. The summed E-state index contributed by atoms with van der Waals surface area (Å²) in [5.74, 6) is 0. The van der Waals surface area contributed by atoms with Crippen LogP contribution in [0.1, 0.15) is 36.6 Å². The standard InChI is InChI=1S/C17H19ClF3N3S/c1-2-11-4-3-7-24(11)9-14-15(23-16(22)25-14)10-5-6-13(18)12(8-10)17(19,20)21/h5-6,8,11H,2-4,7,9H2,1H3,(H2,22,23). The number of likely N-dealkylation sites (tertiary alicyclic amines) is 1. The fourth-order valence-corrected chi connectivity index (χ4v) is 4.45. The largest absolute Gasteiger partial charge is 0.417 e. The predicted octanol–water partition coefficient (Wildman–Crippen LogP) is 5.44. The summed E-state index contributed by atoms with van der Waals surface area (Å²) in [6.07, 6.45) is -1.15. The Hall–Kier alpha value is -1.31. The molecule has 1 aromatic heterocycles. The van der Waals surface area contributed by atoms with Gasteiger partial charge in [0.05, 0.1) is 16.3 Å². The van der Waals surface area contributed by atoms with Crippen LogP contribution in [0.15, 0.2) is 18.2 Å². The summed E-state index contributed by atoms with van der Waals surface area (Å²) in [4.78, 5) is 7.54. The third kappa shape index (κ3) is 3.93. The number of nitrogen functional groups attached to an aromatic ring is 1. The SMILES string of the molecule is CCC1CCCN1Cc1sc(N)nc1-c1ccc(Cl)c(C(F)(F)F)c1. The Labute approximate surface area is 153 Å². The van der Waals surface area contributed by atoms with Crippen molar-refractivity contribution in [1.82, 2.24) is 9.88 Å². The summed E-state index contributed by atoms with van der Waals surface area (Å²) in [5, 5.41) is 0.0485. The molecule has 1 aliphatic heterocycles. The van der Waals surface area contributed by atoms with Gasteiger partial charge in [0.2, 0.25) is 0 Å². The molecule has 3 nitrogen and oxygen atoms in total. The van der Waals surface area contributed by atoms with Gasteiger partial charge in [-0.2, -0.15) is 13.2 Å². The molecule has 0 spiro atoms. The van der Waals surface area contributed by atoms with E-state index in [2.05, 4.69) is 16.8 Å². The molecule has 1 saturated heterocycles. The van der Waals surface area contributed by atoms with E-state index in [4.69, 9.17) is 17.3 Å². The van der Waals surface area contributed by atoms with Crippen LogP contribution in [0.4, 0.5) is 18.3 Å². The number of aromatic nitrogens is 1. The normalized spacial score (nSPS) is 18.8. The molecule has 1 aliphatic rings. The van der Waals surface area contributed by atoms with E-state index in [1.807, 2.05) is 0 Å². The second-order valence-corrected chi connectivity index (χ2v) is 7.71. The Morgan fingerprint density at radius 3 is 2.84 bits per heavy atom. The van der Waals surface area contributed by atoms with Crippen molar-refractivity contribution in [3.05, 3.63) is 33.7 Å². The molecule has 0 bridgehead atoms. The van der Waals surface area contributed by atoms with Crippen LogP contribution >= 0.6 is 22.9 Å².